The highest BCUT2D eigenvalue weighted by Gasteiger charge is 2.41. The van der Waals surface area contributed by atoms with Crippen LogP contribution in [0.2, 0.25) is 0 Å². The molecule has 0 spiro atoms. The molecule has 2 fully saturated rings. The second kappa shape index (κ2) is 16.7. The Morgan fingerprint density at radius 1 is 1.18 bits per heavy atom. The number of ether oxygens (including phenoxy) is 3. The van der Waals surface area contributed by atoms with Crippen molar-refractivity contribution in [2.75, 3.05) is 13.7 Å². The first-order chi connectivity index (χ1) is 16.4. The minimum atomic E-state index is -0.381. The molecule has 0 aromatic heterocycles. The summed E-state index contributed by atoms with van der Waals surface area (Å²) in [4.78, 5) is 11.3. The Labute approximate surface area is 209 Å². The fourth-order valence-corrected chi connectivity index (χ4v) is 5.78. The molecule has 7 atom stereocenters. The van der Waals surface area contributed by atoms with Gasteiger partial charge in [0.2, 0.25) is 0 Å². The molecule has 198 valence electrons. The largest absolute Gasteiger partial charge is 0.469 e. The van der Waals surface area contributed by atoms with Crippen LogP contribution in [0.5, 0.6) is 0 Å². The van der Waals surface area contributed by atoms with Crippen LogP contribution in [-0.4, -0.2) is 43.3 Å². The molecule has 1 heterocycles. The first kappa shape index (κ1) is 29.3. The summed E-state index contributed by atoms with van der Waals surface area (Å²) in [6, 6.07) is 0. The van der Waals surface area contributed by atoms with Crippen molar-refractivity contribution < 1.29 is 24.1 Å². The Hall–Kier alpha value is -0.910. The topological polar surface area (TPSA) is 65.0 Å². The van der Waals surface area contributed by atoms with E-state index in [4.69, 9.17) is 14.2 Å². The van der Waals surface area contributed by atoms with Gasteiger partial charge < -0.3 is 19.3 Å². The summed E-state index contributed by atoms with van der Waals surface area (Å²) >= 11 is 0. The van der Waals surface area contributed by atoms with Gasteiger partial charge in [-0.2, -0.15) is 0 Å². The van der Waals surface area contributed by atoms with Crippen LogP contribution in [-0.2, 0) is 19.0 Å². The summed E-state index contributed by atoms with van der Waals surface area (Å²) in [6.45, 7) is 7.63. The summed E-state index contributed by atoms with van der Waals surface area (Å²) in [7, 11) is 1.46. The maximum Gasteiger partial charge on any atom is 0.305 e. The predicted octanol–water partition coefficient (Wildman–Crippen LogP) is 6.82. The van der Waals surface area contributed by atoms with Crippen molar-refractivity contribution in [1.82, 2.24) is 0 Å². The number of hydrogen-bond donors (Lipinski definition) is 1. The van der Waals surface area contributed by atoms with Crippen LogP contribution in [0.25, 0.3) is 0 Å². The third-order valence-corrected chi connectivity index (χ3v) is 7.87. The van der Waals surface area contributed by atoms with Gasteiger partial charge in [-0.05, 0) is 62.7 Å². The first-order valence-corrected chi connectivity index (χ1v) is 14.1. The molecule has 1 saturated carbocycles. The van der Waals surface area contributed by atoms with E-state index in [2.05, 4.69) is 26.8 Å². The Kier molecular flexibility index (Phi) is 14.4. The number of esters is 1. The van der Waals surface area contributed by atoms with Gasteiger partial charge in [0.05, 0.1) is 19.3 Å². The summed E-state index contributed by atoms with van der Waals surface area (Å²) < 4.78 is 17.1. The van der Waals surface area contributed by atoms with E-state index < -0.39 is 0 Å². The molecule has 0 aromatic rings. The van der Waals surface area contributed by atoms with Gasteiger partial charge in [-0.25, -0.2) is 0 Å². The van der Waals surface area contributed by atoms with Crippen molar-refractivity contribution in [3.63, 3.8) is 0 Å². The number of hydrogen-bond acceptors (Lipinski definition) is 5. The summed E-state index contributed by atoms with van der Waals surface area (Å²) in [5.41, 5.74) is 0. The normalized spacial score (nSPS) is 29.4. The molecule has 0 amide bonds. The van der Waals surface area contributed by atoms with Crippen LogP contribution in [0.3, 0.4) is 0 Å². The number of unbranched alkanes of at least 4 members (excludes halogenated alkanes) is 4. The molecule has 5 heteroatoms. The molecular weight excluding hydrogens is 428 g/mol. The van der Waals surface area contributed by atoms with Gasteiger partial charge >= 0.3 is 5.97 Å². The fourth-order valence-electron chi connectivity index (χ4n) is 5.78. The zero-order chi connectivity index (χ0) is 24.8. The number of aliphatic hydroxyl groups excluding tert-OH is 1. The lowest BCUT2D eigenvalue weighted by Crippen LogP contribution is -2.30. The molecule has 1 aliphatic heterocycles. The van der Waals surface area contributed by atoms with Crippen molar-refractivity contribution in [1.29, 1.82) is 0 Å². The smallest absolute Gasteiger partial charge is 0.305 e. The van der Waals surface area contributed by atoms with E-state index in [0.717, 1.165) is 51.6 Å². The second-order valence-corrected chi connectivity index (χ2v) is 10.9. The lowest BCUT2D eigenvalue weighted by Gasteiger charge is -2.29. The van der Waals surface area contributed by atoms with Crippen LogP contribution >= 0.6 is 0 Å². The van der Waals surface area contributed by atoms with E-state index in [1.54, 1.807) is 0 Å². The molecule has 1 saturated heterocycles. The Morgan fingerprint density at radius 2 is 1.97 bits per heavy atom. The highest BCUT2D eigenvalue weighted by atomic mass is 16.7. The number of aliphatic hydroxyl groups is 1. The molecule has 34 heavy (non-hydrogen) atoms. The van der Waals surface area contributed by atoms with Gasteiger partial charge in [0.25, 0.3) is 0 Å². The van der Waals surface area contributed by atoms with E-state index in [-0.39, 0.29) is 24.5 Å². The fraction of sp³-hybridized carbons (Fsp3) is 0.897. The summed E-state index contributed by atoms with van der Waals surface area (Å²) in [5, 5.41) is 10.7. The quantitative estimate of drug-likeness (QED) is 0.149. The third kappa shape index (κ3) is 10.8. The van der Waals surface area contributed by atoms with Gasteiger partial charge in [-0.3, -0.25) is 4.79 Å². The minimum absolute atomic E-state index is 0.0714. The predicted molar refractivity (Wildman–Crippen MR) is 137 cm³/mol. The van der Waals surface area contributed by atoms with Crippen LogP contribution in [0, 0.1) is 23.7 Å². The van der Waals surface area contributed by atoms with Crippen molar-refractivity contribution in [2.24, 2.45) is 23.7 Å². The number of rotatable bonds is 16. The third-order valence-electron chi connectivity index (χ3n) is 7.87. The van der Waals surface area contributed by atoms with E-state index >= 15 is 0 Å². The van der Waals surface area contributed by atoms with Crippen molar-refractivity contribution in [3.8, 4) is 0 Å². The van der Waals surface area contributed by atoms with Crippen LogP contribution in [0.4, 0.5) is 0 Å². The molecule has 1 N–H and O–H groups in total. The monoisotopic (exact) mass is 480 g/mol. The van der Waals surface area contributed by atoms with E-state index in [9.17, 15) is 9.90 Å². The average molecular weight is 481 g/mol. The van der Waals surface area contributed by atoms with E-state index in [0.29, 0.717) is 30.1 Å². The number of carbonyl (C=O) groups is 1. The van der Waals surface area contributed by atoms with Crippen molar-refractivity contribution >= 4 is 5.97 Å². The van der Waals surface area contributed by atoms with Crippen LogP contribution in [0.1, 0.15) is 111 Å². The lowest BCUT2D eigenvalue weighted by atomic mass is 9.84. The van der Waals surface area contributed by atoms with Crippen molar-refractivity contribution in [3.05, 3.63) is 12.2 Å². The Bertz CT molecular complexity index is 571. The Morgan fingerprint density at radius 3 is 2.68 bits per heavy atom. The summed E-state index contributed by atoms with van der Waals surface area (Å²) in [5.74, 6) is 1.93. The van der Waals surface area contributed by atoms with Gasteiger partial charge in [0.1, 0.15) is 0 Å². The maximum atomic E-state index is 11.3. The first-order valence-electron chi connectivity index (χ1n) is 14.1. The molecule has 5 nitrogen and oxygen atoms in total. The molecular formula is C29H52O5. The standard InChI is InChI=1S/C29H52O5/c1-5-6-13-22(2)20-24(30)17-18-26-25(14-9-7-8-10-15-28(31)32-4)23(3)21-27(26)34-29-16-11-12-19-33-29/h17-18,22-27,29-30H,5-16,19-21H2,1-4H3. The molecule has 1 aliphatic carbocycles. The molecule has 0 radical (unpaired) electrons. The highest BCUT2D eigenvalue weighted by Crippen LogP contribution is 2.43. The van der Waals surface area contributed by atoms with Gasteiger partial charge in [0.15, 0.2) is 6.29 Å². The van der Waals surface area contributed by atoms with Crippen molar-refractivity contribution in [2.45, 2.75) is 129 Å². The van der Waals surface area contributed by atoms with E-state index in [1.807, 2.05) is 6.08 Å². The zero-order valence-corrected chi connectivity index (χ0v) is 22.4. The molecule has 2 aliphatic rings. The SMILES string of the molecule is CCCCC(C)CC(O)C=CC1C(OC2CCCCO2)CC(C)C1CCCCCCC(=O)OC. The molecule has 2 rings (SSSR count). The van der Waals surface area contributed by atoms with Gasteiger partial charge in [0, 0.05) is 18.9 Å². The molecule has 0 bridgehead atoms. The minimum Gasteiger partial charge on any atom is -0.469 e. The van der Waals surface area contributed by atoms with Gasteiger partial charge in [-0.1, -0.05) is 71.4 Å². The number of methoxy groups -OCH3 is 1. The average Bonchev–Trinajstić information content (AvgIpc) is 3.12. The highest BCUT2D eigenvalue weighted by molar-refractivity contribution is 5.68. The lowest BCUT2D eigenvalue weighted by molar-refractivity contribution is -0.192. The second-order valence-electron chi connectivity index (χ2n) is 10.9. The van der Waals surface area contributed by atoms with Gasteiger partial charge in [-0.15, -0.1) is 0 Å². The van der Waals surface area contributed by atoms with Crippen LogP contribution < -0.4 is 0 Å². The Balaban J connectivity index is 1.92. The maximum absolute atomic E-state index is 11.3. The molecule has 7 unspecified atom stereocenters. The van der Waals surface area contributed by atoms with E-state index in [1.165, 1.54) is 45.6 Å². The number of carbonyl (C=O) groups excluding carboxylic acids is 1. The summed E-state index contributed by atoms with van der Waals surface area (Å²) in [6.07, 6.45) is 18.8. The zero-order valence-electron chi connectivity index (χ0n) is 22.4. The van der Waals surface area contributed by atoms with Crippen LogP contribution in [0.15, 0.2) is 12.2 Å². The molecule has 0 aromatic carbocycles.